The van der Waals surface area contributed by atoms with Gasteiger partial charge in [0, 0.05) is 5.57 Å². The summed E-state index contributed by atoms with van der Waals surface area (Å²) < 4.78 is 62.5. The summed E-state index contributed by atoms with van der Waals surface area (Å²) >= 11 is 0. The lowest BCUT2D eigenvalue weighted by atomic mass is 9.99. The first-order chi connectivity index (χ1) is 8.20. The van der Waals surface area contributed by atoms with Crippen LogP contribution in [0.2, 0.25) is 0 Å². The summed E-state index contributed by atoms with van der Waals surface area (Å²) in [6, 6.07) is 5.56. The molecule has 0 radical (unpaired) electrons. The molecular weight excluding hydrogens is 251 g/mol. The highest BCUT2D eigenvalue weighted by Gasteiger charge is 2.59. The topological polar surface area (TPSA) is 0 Å². The second-order valence-corrected chi connectivity index (χ2v) is 4.00. The fraction of sp³-hybridized carbons (Fsp3) is 0.385. The second-order valence-electron chi connectivity index (χ2n) is 4.00. The van der Waals surface area contributed by atoms with Crippen LogP contribution in [0.15, 0.2) is 30.8 Å². The molecule has 0 fully saturated rings. The van der Waals surface area contributed by atoms with Crippen molar-refractivity contribution in [2.75, 3.05) is 0 Å². The van der Waals surface area contributed by atoms with Gasteiger partial charge in [0.1, 0.15) is 0 Å². The van der Waals surface area contributed by atoms with E-state index in [4.69, 9.17) is 0 Å². The van der Waals surface area contributed by atoms with Gasteiger partial charge in [-0.25, -0.2) is 0 Å². The second kappa shape index (κ2) is 5.08. The zero-order valence-electron chi connectivity index (χ0n) is 9.82. The lowest BCUT2D eigenvalue weighted by Gasteiger charge is -2.22. The Morgan fingerprint density at radius 2 is 1.56 bits per heavy atom. The van der Waals surface area contributed by atoms with Crippen molar-refractivity contribution in [2.45, 2.75) is 31.9 Å². The predicted molar refractivity (Wildman–Crippen MR) is 60.5 cm³/mol. The van der Waals surface area contributed by atoms with Gasteiger partial charge in [-0.05, 0) is 17.5 Å². The molecule has 0 spiro atoms. The van der Waals surface area contributed by atoms with Gasteiger partial charge >= 0.3 is 12.1 Å². The molecule has 1 aromatic carbocycles. The molecule has 5 heteroatoms. The molecule has 0 heterocycles. The third-order valence-electron chi connectivity index (χ3n) is 2.58. The number of hydrogen-bond donors (Lipinski definition) is 0. The van der Waals surface area contributed by atoms with Crippen molar-refractivity contribution in [2.24, 2.45) is 0 Å². The van der Waals surface area contributed by atoms with Crippen LogP contribution in [-0.2, 0) is 6.42 Å². The summed E-state index contributed by atoms with van der Waals surface area (Å²) in [6.45, 7) is 4.82. The maximum atomic E-state index is 13.0. The van der Waals surface area contributed by atoms with Crippen LogP contribution >= 0.6 is 0 Å². The monoisotopic (exact) mass is 264 g/mol. The number of aryl methyl sites for hydroxylation is 1. The minimum atomic E-state index is -5.62. The zero-order valence-corrected chi connectivity index (χ0v) is 9.82. The van der Waals surface area contributed by atoms with Crippen LogP contribution in [-0.4, -0.2) is 12.1 Å². The number of allylic oxidation sites excluding steroid dienone is 1. The van der Waals surface area contributed by atoms with Crippen molar-refractivity contribution in [1.29, 1.82) is 0 Å². The smallest absolute Gasteiger partial charge is 0.191 e. The van der Waals surface area contributed by atoms with E-state index < -0.39 is 17.7 Å². The molecule has 0 aliphatic heterocycles. The number of hydrogen-bond acceptors (Lipinski definition) is 0. The summed E-state index contributed by atoms with van der Waals surface area (Å²) in [5.74, 6) is -4.90. The Hall–Kier alpha value is -1.39. The maximum absolute atomic E-state index is 13.0. The minimum absolute atomic E-state index is 0.197. The molecule has 0 aliphatic rings. The highest BCUT2D eigenvalue weighted by atomic mass is 19.4. The van der Waals surface area contributed by atoms with Crippen LogP contribution in [0, 0.1) is 0 Å². The van der Waals surface area contributed by atoms with Crippen molar-refractivity contribution >= 4 is 5.57 Å². The van der Waals surface area contributed by atoms with Gasteiger partial charge in [0.05, 0.1) is 0 Å². The summed E-state index contributed by atoms with van der Waals surface area (Å²) in [4.78, 5) is 0. The van der Waals surface area contributed by atoms with E-state index in [9.17, 15) is 22.0 Å². The third-order valence-corrected chi connectivity index (χ3v) is 2.58. The first-order valence-corrected chi connectivity index (χ1v) is 5.43. The average Bonchev–Trinajstić information content (AvgIpc) is 2.28. The summed E-state index contributed by atoms with van der Waals surface area (Å²) in [5.41, 5.74) is -0.528. The van der Waals surface area contributed by atoms with Gasteiger partial charge in [0.2, 0.25) is 0 Å². The van der Waals surface area contributed by atoms with Gasteiger partial charge in [0.25, 0.3) is 0 Å². The van der Waals surface area contributed by atoms with Crippen LogP contribution in [0.4, 0.5) is 22.0 Å². The Morgan fingerprint density at radius 3 is 1.94 bits per heavy atom. The van der Waals surface area contributed by atoms with Crippen LogP contribution in [0.5, 0.6) is 0 Å². The molecule has 0 aliphatic carbocycles. The molecule has 0 N–H and O–H groups in total. The molecule has 18 heavy (non-hydrogen) atoms. The molecule has 1 aromatic rings. The Labute approximate surface area is 102 Å². The molecule has 0 nitrogen and oxygen atoms in total. The lowest BCUT2D eigenvalue weighted by Crippen LogP contribution is -2.37. The highest BCUT2D eigenvalue weighted by Crippen LogP contribution is 2.44. The summed E-state index contributed by atoms with van der Waals surface area (Å²) in [7, 11) is 0. The average molecular weight is 264 g/mol. The zero-order chi connectivity index (χ0) is 14.0. The van der Waals surface area contributed by atoms with Crippen molar-refractivity contribution in [3.8, 4) is 0 Å². The van der Waals surface area contributed by atoms with Gasteiger partial charge in [-0.15, -0.1) is 0 Å². The van der Waals surface area contributed by atoms with E-state index >= 15 is 0 Å². The first kappa shape index (κ1) is 14.7. The van der Waals surface area contributed by atoms with Crippen molar-refractivity contribution in [1.82, 2.24) is 0 Å². The Balaban J connectivity index is 2.98. The molecule has 0 unspecified atom stereocenters. The lowest BCUT2D eigenvalue weighted by molar-refractivity contribution is -0.253. The van der Waals surface area contributed by atoms with E-state index in [2.05, 4.69) is 6.58 Å². The van der Waals surface area contributed by atoms with Crippen molar-refractivity contribution in [3.05, 3.63) is 42.0 Å². The summed E-state index contributed by atoms with van der Waals surface area (Å²) in [5, 5.41) is 0. The van der Waals surface area contributed by atoms with E-state index in [-0.39, 0.29) is 5.56 Å². The Bertz CT molecular complexity index is 414. The van der Waals surface area contributed by atoms with Gasteiger partial charge in [0.15, 0.2) is 0 Å². The highest BCUT2D eigenvalue weighted by molar-refractivity contribution is 5.69. The van der Waals surface area contributed by atoms with E-state index in [0.717, 1.165) is 18.4 Å². The molecule has 0 saturated heterocycles. The summed E-state index contributed by atoms with van der Waals surface area (Å²) in [6.07, 6.45) is -3.99. The molecule has 1 rings (SSSR count). The number of rotatable bonds is 4. The molecule has 0 saturated carbocycles. The fourth-order valence-corrected chi connectivity index (χ4v) is 1.51. The minimum Gasteiger partial charge on any atom is -0.191 e. The predicted octanol–water partition coefficient (Wildman–Crippen LogP) is 4.85. The van der Waals surface area contributed by atoms with Crippen molar-refractivity contribution < 1.29 is 22.0 Å². The van der Waals surface area contributed by atoms with Crippen LogP contribution in [0.3, 0.4) is 0 Å². The quantitative estimate of drug-likeness (QED) is 0.682. The Kier molecular flexibility index (Phi) is 4.14. The number of alkyl halides is 5. The van der Waals surface area contributed by atoms with E-state index in [1.807, 2.05) is 6.92 Å². The molecular formula is C13H13F5. The van der Waals surface area contributed by atoms with Crippen LogP contribution < -0.4 is 0 Å². The van der Waals surface area contributed by atoms with Gasteiger partial charge < -0.3 is 0 Å². The molecule has 100 valence electrons. The molecule has 0 bridgehead atoms. The van der Waals surface area contributed by atoms with Gasteiger partial charge in [-0.2, -0.15) is 22.0 Å². The standard InChI is InChI=1S/C13H13F5/c1-3-4-10-5-7-11(8-6-10)9(2)12(14,15)13(16,17)18/h5-8H,2-4H2,1H3. The largest absolute Gasteiger partial charge is 0.458 e. The van der Waals surface area contributed by atoms with E-state index in [0.29, 0.717) is 0 Å². The number of benzene rings is 1. The van der Waals surface area contributed by atoms with Crippen molar-refractivity contribution in [3.63, 3.8) is 0 Å². The van der Waals surface area contributed by atoms with Gasteiger partial charge in [-0.3, -0.25) is 0 Å². The van der Waals surface area contributed by atoms with E-state index in [1.165, 1.54) is 24.3 Å². The molecule has 0 amide bonds. The molecule has 0 atom stereocenters. The Morgan fingerprint density at radius 1 is 1.06 bits per heavy atom. The van der Waals surface area contributed by atoms with Crippen LogP contribution in [0.1, 0.15) is 24.5 Å². The maximum Gasteiger partial charge on any atom is 0.458 e. The third kappa shape index (κ3) is 2.89. The van der Waals surface area contributed by atoms with E-state index in [1.54, 1.807) is 0 Å². The first-order valence-electron chi connectivity index (χ1n) is 5.43. The van der Waals surface area contributed by atoms with Gasteiger partial charge in [-0.1, -0.05) is 44.2 Å². The molecule has 0 aromatic heterocycles. The number of halogens is 5. The van der Waals surface area contributed by atoms with Crippen LogP contribution in [0.25, 0.3) is 5.57 Å². The SMILES string of the molecule is C=C(c1ccc(CCC)cc1)C(F)(F)C(F)(F)F. The fourth-order valence-electron chi connectivity index (χ4n) is 1.51. The normalized spacial score (nSPS) is 12.6.